The molecule has 0 unspecified atom stereocenters. The molecule has 1 N–H and O–H groups in total. The highest BCUT2D eigenvalue weighted by molar-refractivity contribution is 5.79. The minimum atomic E-state index is 0.489. The van der Waals surface area contributed by atoms with Crippen molar-refractivity contribution in [3.8, 4) is 5.75 Å². The van der Waals surface area contributed by atoms with Crippen LogP contribution in [0, 0.1) is 0 Å². The fourth-order valence-electron chi connectivity index (χ4n) is 2.64. The molecule has 0 aliphatic rings. The summed E-state index contributed by atoms with van der Waals surface area (Å²) in [5, 5.41) is 3.05. The number of nitrogens with one attached hydrogen (secondary N) is 1. The zero-order chi connectivity index (χ0) is 21.6. The molecule has 0 aromatic heterocycles. The Hall–Kier alpha value is -3.86. The van der Waals surface area contributed by atoms with Gasteiger partial charge in [-0.25, -0.2) is 0 Å². The van der Waals surface area contributed by atoms with Crippen LogP contribution in [0.4, 0.5) is 0 Å². The van der Waals surface area contributed by atoms with Crippen molar-refractivity contribution in [3.63, 3.8) is 0 Å². The van der Waals surface area contributed by atoms with Gasteiger partial charge in [0.15, 0.2) is 6.29 Å². The number of hydrogen-bond acceptors (Lipinski definition) is 5. The van der Waals surface area contributed by atoms with E-state index in [1.54, 1.807) is 25.3 Å². The topological polar surface area (TPSA) is 59.9 Å². The molecule has 3 aromatic carbocycles. The van der Waals surface area contributed by atoms with Gasteiger partial charge in [0.05, 0.1) is 12.7 Å². The van der Waals surface area contributed by atoms with Gasteiger partial charge in [-0.2, -0.15) is 0 Å². The van der Waals surface area contributed by atoms with E-state index in [1.165, 1.54) is 0 Å². The van der Waals surface area contributed by atoms with E-state index in [9.17, 15) is 4.79 Å². The summed E-state index contributed by atoms with van der Waals surface area (Å²) < 4.78 is 10.7. The van der Waals surface area contributed by atoms with E-state index in [4.69, 9.17) is 9.47 Å². The number of aldehydes is 1. The van der Waals surface area contributed by atoms with Gasteiger partial charge in [0.25, 0.3) is 0 Å². The average molecular weight is 402 g/mol. The van der Waals surface area contributed by atoms with Crippen molar-refractivity contribution in [1.82, 2.24) is 5.32 Å². The Balaban J connectivity index is 0.000000269. The van der Waals surface area contributed by atoms with Gasteiger partial charge in [0, 0.05) is 12.6 Å². The van der Waals surface area contributed by atoms with Crippen molar-refractivity contribution < 1.29 is 14.3 Å². The van der Waals surface area contributed by atoms with E-state index in [2.05, 4.69) is 17.0 Å². The molecule has 0 spiro atoms. The molecular weight excluding hydrogens is 376 g/mol. The normalized spacial score (nSPS) is 10.6. The third-order valence-electron chi connectivity index (χ3n) is 4.14. The van der Waals surface area contributed by atoms with Crippen LogP contribution in [0.25, 0.3) is 5.70 Å². The average Bonchev–Trinajstić information content (AvgIpc) is 2.83. The summed E-state index contributed by atoms with van der Waals surface area (Å²) >= 11 is 0. The van der Waals surface area contributed by atoms with E-state index in [0.717, 1.165) is 17.4 Å². The van der Waals surface area contributed by atoms with Crippen LogP contribution in [0.1, 0.15) is 21.5 Å². The van der Waals surface area contributed by atoms with E-state index in [0.29, 0.717) is 29.5 Å². The SMILES string of the molecule is C=N/C(=C(/NC)OCc1ccccc1)c1ccccc1.COc1ccccc1C=O. The fraction of sp³-hybridized carbons (Fsp3) is 0.120. The number of hydrogen-bond donors (Lipinski definition) is 1. The Kier molecular flexibility index (Phi) is 9.40. The smallest absolute Gasteiger partial charge is 0.214 e. The molecular formula is C25H26N2O3. The molecule has 30 heavy (non-hydrogen) atoms. The molecule has 0 saturated carbocycles. The van der Waals surface area contributed by atoms with Crippen molar-refractivity contribution in [2.45, 2.75) is 6.61 Å². The standard InChI is InChI=1S/C17H18N2O.C8H8O2/c1-18-16(15-11-7-4-8-12-15)17(19-2)20-13-14-9-5-3-6-10-14;1-10-8-5-3-2-4-7(8)6-9/h3-12,19H,1,13H2,2H3;2-6H,1H3/b17-16-;. The summed E-state index contributed by atoms with van der Waals surface area (Å²) in [7, 11) is 3.36. The minimum Gasteiger partial charge on any atom is -0.496 e. The van der Waals surface area contributed by atoms with Crippen LogP contribution in [0.2, 0.25) is 0 Å². The van der Waals surface area contributed by atoms with Gasteiger partial charge in [0.1, 0.15) is 18.1 Å². The fourth-order valence-corrected chi connectivity index (χ4v) is 2.64. The number of carbonyl (C=O) groups excluding carboxylic acids is 1. The van der Waals surface area contributed by atoms with Gasteiger partial charge in [0.2, 0.25) is 5.88 Å². The zero-order valence-electron chi connectivity index (χ0n) is 17.2. The predicted molar refractivity (Wildman–Crippen MR) is 122 cm³/mol. The van der Waals surface area contributed by atoms with Crippen molar-refractivity contribution in [3.05, 3.63) is 108 Å². The van der Waals surface area contributed by atoms with Crippen molar-refractivity contribution >= 4 is 18.7 Å². The van der Waals surface area contributed by atoms with E-state index in [-0.39, 0.29) is 0 Å². The Morgan fingerprint density at radius 2 is 1.57 bits per heavy atom. The monoisotopic (exact) mass is 402 g/mol. The van der Waals surface area contributed by atoms with Crippen LogP contribution in [-0.2, 0) is 11.3 Å². The van der Waals surface area contributed by atoms with Crippen LogP contribution >= 0.6 is 0 Å². The second kappa shape index (κ2) is 12.6. The molecule has 0 fully saturated rings. The highest BCUT2D eigenvalue weighted by Gasteiger charge is 2.08. The van der Waals surface area contributed by atoms with Crippen molar-refractivity contribution in [1.29, 1.82) is 0 Å². The Bertz CT molecular complexity index is 954. The molecule has 5 heteroatoms. The van der Waals surface area contributed by atoms with E-state index >= 15 is 0 Å². The second-order valence-corrected chi connectivity index (χ2v) is 6.09. The lowest BCUT2D eigenvalue weighted by atomic mass is 10.1. The number of methoxy groups -OCH3 is 1. The first-order valence-electron chi connectivity index (χ1n) is 9.42. The van der Waals surface area contributed by atoms with Crippen molar-refractivity contribution in [2.75, 3.05) is 14.2 Å². The first-order valence-corrected chi connectivity index (χ1v) is 9.42. The maximum atomic E-state index is 10.3. The lowest BCUT2D eigenvalue weighted by Crippen LogP contribution is -2.12. The first kappa shape index (κ1) is 22.4. The van der Waals surface area contributed by atoms with Crippen LogP contribution in [0.5, 0.6) is 5.75 Å². The molecule has 0 aliphatic heterocycles. The summed E-state index contributed by atoms with van der Waals surface area (Å²) in [5.41, 5.74) is 3.38. The maximum absolute atomic E-state index is 10.3. The number of para-hydroxylation sites is 1. The summed E-state index contributed by atoms with van der Waals surface area (Å²) in [6, 6.07) is 27.0. The van der Waals surface area contributed by atoms with Gasteiger partial charge >= 0.3 is 0 Å². The molecule has 0 amide bonds. The van der Waals surface area contributed by atoms with Crippen LogP contribution in [0.3, 0.4) is 0 Å². The number of carbonyl (C=O) groups is 1. The molecule has 0 bridgehead atoms. The first-order chi connectivity index (χ1) is 14.7. The number of rotatable bonds is 8. The highest BCUT2D eigenvalue weighted by atomic mass is 16.5. The summed E-state index contributed by atoms with van der Waals surface area (Å²) in [4.78, 5) is 14.4. The van der Waals surface area contributed by atoms with Gasteiger partial charge in [-0.15, -0.1) is 0 Å². The molecule has 0 heterocycles. The summed E-state index contributed by atoms with van der Waals surface area (Å²) in [6.07, 6.45) is 0.777. The third kappa shape index (κ3) is 6.63. The molecule has 5 nitrogen and oxygen atoms in total. The van der Waals surface area contributed by atoms with Gasteiger partial charge < -0.3 is 14.8 Å². The van der Waals surface area contributed by atoms with Crippen molar-refractivity contribution in [2.24, 2.45) is 4.99 Å². The second-order valence-electron chi connectivity index (χ2n) is 6.09. The maximum Gasteiger partial charge on any atom is 0.214 e. The molecule has 0 saturated heterocycles. The van der Waals surface area contributed by atoms with Crippen LogP contribution < -0.4 is 10.1 Å². The number of benzene rings is 3. The summed E-state index contributed by atoms with van der Waals surface area (Å²) in [5.74, 6) is 1.24. The van der Waals surface area contributed by atoms with Crippen LogP contribution in [-0.4, -0.2) is 27.2 Å². The lowest BCUT2D eigenvalue weighted by molar-refractivity contribution is 0.112. The molecule has 0 atom stereocenters. The molecule has 154 valence electrons. The molecule has 0 radical (unpaired) electrons. The largest absolute Gasteiger partial charge is 0.496 e. The highest BCUT2D eigenvalue weighted by Crippen LogP contribution is 2.19. The third-order valence-corrected chi connectivity index (χ3v) is 4.14. The van der Waals surface area contributed by atoms with E-state index in [1.807, 2.05) is 73.8 Å². The quantitative estimate of drug-likeness (QED) is 0.329. The van der Waals surface area contributed by atoms with E-state index < -0.39 is 0 Å². The number of aliphatic imine (C=N–C) groups is 1. The van der Waals surface area contributed by atoms with Crippen LogP contribution in [0.15, 0.2) is 95.8 Å². The van der Waals surface area contributed by atoms with Gasteiger partial charge in [-0.1, -0.05) is 72.8 Å². The molecule has 3 aromatic rings. The van der Waals surface area contributed by atoms with Gasteiger partial charge in [-0.05, 0) is 24.4 Å². The Morgan fingerprint density at radius 1 is 0.967 bits per heavy atom. The molecule has 3 rings (SSSR count). The minimum absolute atomic E-state index is 0.489. The Labute approximate surface area is 177 Å². The zero-order valence-corrected chi connectivity index (χ0v) is 17.2. The molecule has 0 aliphatic carbocycles. The number of ether oxygens (including phenoxy) is 2. The number of nitrogens with zero attached hydrogens (tertiary/aromatic N) is 1. The van der Waals surface area contributed by atoms with Gasteiger partial charge in [-0.3, -0.25) is 9.79 Å². The lowest BCUT2D eigenvalue weighted by Gasteiger charge is -2.13. The predicted octanol–water partition coefficient (Wildman–Crippen LogP) is 4.96. The summed E-state index contributed by atoms with van der Waals surface area (Å²) in [6.45, 7) is 4.12. The Morgan fingerprint density at radius 3 is 2.10 bits per heavy atom.